The molecule has 4 rings (SSSR count). The molecule has 0 spiro atoms. The fourth-order valence-corrected chi connectivity index (χ4v) is 3.48. The van der Waals surface area contributed by atoms with Crippen LogP contribution < -0.4 is 10.1 Å². The molecular formula is C27H25F3N4O2. The number of amides is 1. The van der Waals surface area contributed by atoms with Gasteiger partial charge in [-0.25, -0.2) is 4.68 Å². The van der Waals surface area contributed by atoms with Gasteiger partial charge in [0, 0.05) is 16.8 Å². The molecule has 0 unspecified atom stereocenters. The number of hydrogen-bond acceptors (Lipinski definition) is 4. The molecule has 36 heavy (non-hydrogen) atoms. The number of anilines is 1. The van der Waals surface area contributed by atoms with E-state index < -0.39 is 11.7 Å². The summed E-state index contributed by atoms with van der Waals surface area (Å²) in [6.07, 6.45) is -4.43. The Morgan fingerprint density at radius 2 is 1.67 bits per heavy atom. The molecule has 0 saturated carbocycles. The molecule has 4 aromatic rings. The molecule has 1 amide bonds. The van der Waals surface area contributed by atoms with E-state index in [0.717, 1.165) is 17.7 Å². The molecule has 0 saturated heterocycles. The molecule has 6 nitrogen and oxygen atoms in total. The van der Waals surface area contributed by atoms with Gasteiger partial charge in [-0.2, -0.15) is 18.2 Å². The lowest BCUT2D eigenvalue weighted by Gasteiger charge is -2.10. The summed E-state index contributed by atoms with van der Waals surface area (Å²) in [5.74, 6) is 0.346. The second kappa shape index (κ2) is 10.2. The zero-order valence-electron chi connectivity index (χ0n) is 20.0. The van der Waals surface area contributed by atoms with Crippen LogP contribution in [0, 0.1) is 12.8 Å². The van der Waals surface area contributed by atoms with Crippen LogP contribution in [0.4, 0.5) is 18.9 Å². The Kier molecular flexibility index (Phi) is 7.10. The Morgan fingerprint density at radius 1 is 1.00 bits per heavy atom. The highest BCUT2D eigenvalue weighted by Crippen LogP contribution is 2.31. The Hall–Kier alpha value is -4.14. The van der Waals surface area contributed by atoms with Crippen LogP contribution in [0.5, 0.6) is 6.01 Å². The highest BCUT2D eigenvalue weighted by atomic mass is 19.4. The van der Waals surface area contributed by atoms with Crippen molar-refractivity contribution >= 4 is 11.6 Å². The number of aryl methyl sites for hydroxylation is 1. The summed E-state index contributed by atoms with van der Waals surface area (Å²) in [5.41, 5.74) is 2.33. The van der Waals surface area contributed by atoms with Gasteiger partial charge in [-0.3, -0.25) is 4.79 Å². The van der Waals surface area contributed by atoms with E-state index in [2.05, 4.69) is 15.4 Å². The number of ether oxygens (including phenoxy) is 1. The van der Waals surface area contributed by atoms with Gasteiger partial charge in [0.15, 0.2) is 5.82 Å². The van der Waals surface area contributed by atoms with Crippen molar-refractivity contribution in [3.8, 4) is 23.1 Å². The van der Waals surface area contributed by atoms with Crippen LogP contribution in [0.3, 0.4) is 0 Å². The number of nitrogens with one attached hydrogen (secondary N) is 1. The van der Waals surface area contributed by atoms with Crippen molar-refractivity contribution in [2.45, 2.75) is 26.9 Å². The van der Waals surface area contributed by atoms with Gasteiger partial charge in [0.1, 0.15) is 0 Å². The SMILES string of the molecule is Cc1ccccc1C(=O)Nc1ccc(-n2nc(OCC(C)C)nc2-c2ccc(C(F)(F)F)cc2)cc1. The standard InChI is InChI=1S/C27H25F3N4O2/c1-17(2)16-36-26-32-24(19-8-10-20(11-9-19)27(28,29)30)34(33-26)22-14-12-21(13-15-22)31-25(35)23-7-5-4-6-18(23)3/h4-15,17H,16H2,1-3H3,(H,31,35). The number of hydrogen-bond donors (Lipinski definition) is 1. The van der Waals surface area contributed by atoms with Gasteiger partial charge in [0.25, 0.3) is 5.91 Å². The van der Waals surface area contributed by atoms with Crippen molar-refractivity contribution in [2.75, 3.05) is 11.9 Å². The molecule has 1 N–H and O–H groups in total. The topological polar surface area (TPSA) is 69.0 Å². The van der Waals surface area contributed by atoms with E-state index in [9.17, 15) is 18.0 Å². The first-order valence-corrected chi connectivity index (χ1v) is 11.4. The first kappa shape index (κ1) is 25.0. The smallest absolute Gasteiger partial charge is 0.416 e. The average molecular weight is 495 g/mol. The number of halogens is 3. The Balaban J connectivity index is 1.63. The zero-order chi connectivity index (χ0) is 25.9. The molecule has 0 atom stereocenters. The van der Waals surface area contributed by atoms with E-state index >= 15 is 0 Å². The Bertz CT molecular complexity index is 1340. The summed E-state index contributed by atoms with van der Waals surface area (Å²) >= 11 is 0. The van der Waals surface area contributed by atoms with Gasteiger partial charge in [-0.15, -0.1) is 5.10 Å². The maximum atomic E-state index is 13.0. The van der Waals surface area contributed by atoms with Crippen molar-refractivity contribution in [1.29, 1.82) is 0 Å². The van der Waals surface area contributed by atoms with E-state index in [1.165, 1.54) is 16.8 Å². The summed E-state index contributed by atoms with van der Waals surface area (Å²) in [5, 5.41) is 7.29. The van der Waals surface area contributed by atoms with Crippen LogP contribution in [0.25, 0.3) is 17.1 Å². The van der Waals surface area contributed by atoms with Gasteiger partial charge >= 0.3 is 12.2 Å². The number of nitrogens with zero attached hydrogens (tertiary/aromatic N) is 3. The van der Waals surface area contributed by atoms with Gasteiger partial charge < -0.3 is 10.1 Å². The summed E-state index contributed by atoms with van der Waals surface area (Å²) in [6, 6.07) is 19.0. The van der Waals surface area contributed by atoms with Crippen LogP contribution in [-0.2, 0) is 6.18 Å². The molecule has 0 aliphatic heterocycles. The van der Waals surface area contributed by atoms with Crippen molar-refractivity contribution in [3.05, 3.63) is 89.5 Å². The summed E-state index contributed by atoms with van der Waals surface area (Å²) in [7, 11) is 0. The quantitative estimate of drug-likeness (QED) is 0.316. The lowest BCUT2D eigenvalue weighted by molar-refractivity contribution is -0.137. The molecule has 9 heteroatoms. The van der Waals surface area contributed by atoms with Crippen LogP contribution in [0.1, 0.15) is 35.3 Å². The van der Waals surface area contributed by atoms with Crippen molar-refractivity contribution in [1.82, 2.24) is 14.8 Å². The molecule has 0 aliphatic rings. The minimum atomic E-state index is -4.43. The van der Waals surface area contributed by atoms with Gasteiger partial charge in [0.2, 0.25) is 0 Å². The lowest BCUT2D eigenvalue weighted by atomic mass is 10.1. The van der Waals surface area contributed by atoms with Gasteiger partial charge in [-0.05, 0) is 60.9 Å². The number of benzene rings is 3. The van der Waals surface area contributed by atoms with Crippen LogP contribution >= 0.6 is 0 Å². The maximum Gasteiger partial charge on any atom is 0.416 e. The third-order valence-electron chi connectivity index (χ3n) is 5.36. The maximum absolute atomic E-state index is 13.0. The van der Waals surface area contributed by atoms with Crippen LogP contribution in [0.2, 0.25) is 0 Å². The van der Waals surface area contributed by atoms with Crippen molar-refractivity contribution < 1.29 is 22.7 Å². The van der Waals surface area contributed by atoms with Gasteiger partial charge in [-0.1, -0.05) is 44.2 Å². The second-order valence-electron chi connectivity index (χ2n) is 8.73. The number of alkyl halides is 3. The molecule has 0 bridgehead atoms. The van der Waals surface area contributed by atoms with E-state index in [0.29, 0.717) is 34.9 Å². The highest BCUT2D eigenvalue weighted by Gasteiger charge is 2.30. The predicted octanol–water partition coefficient (Wildman–Crippen LogP) is 6.55. The summed E-state index contributed by atoms with van der Waals surface area (Å²) < 4.78 is 46.2. The Labute approximate surface area is 206 Å². The number of carbonyl (C=O) groups excluding carboxylic acids is 1. The fourth-order valence-electron chi connectivity index (χ4n) is 3.48. The average Bonchev–Trinajstić information content (AvgIpc) is 3.27. The third-order valence-corrected chi connectivity index (χ3v) is 5.36. The summed E-state index contributed by atoms with van der Waals surface area (Å²) in [6.45, 7) is 6.22. The predicted molar refractivity (Wildman–Crippen MR) is 131 cm³/mol. The molecule has 3 aromatic carbocycles. The largest absolute Gasteiger partial charge is 0.462 e. The molecule has 0 radical (unpaired) electrons. The summed E-state index contributed by atoms with van der Waals surface area (Å²) in [4.78, 5) is 17.0. The Morgan fingerprint density at radius 3 is 2.28 bits per heavy atom. The normalized spacial score (nSPS) is 11.5. The molecular weight excluding hydrogens is 469 g/mol. The van der Waals surface area contributed by atoms with E-state index in [-0.39, 0.29) is 17.8 Å². The van der Waals surface area contributed by atoms with Crippen LogP contribution in [-0.4, -0.2) is 27.3 Å². The fraction of sp³-hybridized carbons (Fsp3) is 0.222. The minimum Gasteiger partial charge on any atom is -0.462 e. The molecule has 1 aromatic heterocycles. The number of carbonyl (C=O) groups is 1. The first-order valence-electron chi connectivity index (χ1n) is 11.4. The number of aromatic nitrogens is 3. The molecule has 186 valence electrons. The monoisotopic (exact) mass is 494 g/mol. The zero-order valence-corrected chi connectivity index (χ0v) is 20.0. The van der Waals surface area contributed by atoms with Crippen molar-refractivity contribution in [3.63, 3.8) is 0 Å². The second-order valence-corrected chi connectivity index (χ2v) is 8.73. The number of rotatable bonds is 7. The van der Waals surface area contributed by atoms with E-state index in [1.54, 1.807) is 36.4 Å². The van der Waals surface area contributed by atoms with Gasteiger partial charge in [0.05, 0.1) is 17.9 Å². The van der Waals surface area contributed by atoms with E-state index in [4.69, 9.17) is 4.74 Å². The molecule has 0 fully saturated rings. The third kappa shape index (κ3) is 5.73. The lowest BCUT2D eigenvalue weighted by Crippen LogP contribution is -2.13. The van der Waals surface area contributed by atoms with E-state index in [1.807, 2.05) is 32.9 Å². The van der Waals surface area contributed by atoms with Crippen molar-refractivity contribution in [2.24, 2.45) is 5.92 Å². The first-order chi connectivity index (χ1) is 17.1. The molecule has 1 heterocycles. The molecule has 0 aliphatic carbocycles. The highest BCUT2D eigenvalue weighted by molar-refractivity contribution is 6.05. The van der Waals surface area contributed by atoms with Crippen LogP contribution in [0.15, 0.2) is 72.8 Å². The minimum absolute atomic E-state index is 0.121.